The molecule has 0 aromatic rings. The van der Waals surface area contributed by atoms with Crippen LogP contribution in [0.1, 0.15) is 32.6 Å². The van der Waals surface area contributed by atoms with Gasteiger partial charge < -0.3 is 15.1 Å². The first-order chi connectivity index (χ1) is 5.73. The van der Waals surface area contributed by atoms with E-state index >= 15 is 0 Å². The summed E-state index contributed by atoms with van der Waals surface area (Å²) in [6.07, 6.45) is 3.01. The number of hydrogen-bond donors (Lipinski definition) is 2. The van der Waals surface area contributed by atoms with Gasteiger partial charge in [0, 0.05) is 13.0 Å². The van der Waals surface area contributed by atoms with Crippen LogP contribution in [0, 0.1) is 0 Å². The second kappa shape index (κ2) is 3.87. The fourth-order valence-electron chi connectivity index (χ4n) is 1.52. The normalized spacial score (nSPS) is 34.0. The average molecular weight is 173 g/mol. The second-order valence-electron chi connectivity index (χ2n) is 2.97. The largest absolute Gasteiger partial charge is 0.411 e. The average Bonchev–Trinajstić information content (AvgIpc) is 2.05. The lowest BCUT2D eigenvalue weighted by Gasteiger charge is -2.31. The summed E-state index contributed by atoms with van der Waals surface area (Å²) in [6, 6.07) is 0. The van der Waals surface area contributed by atoms with Gasteiger partial charge in [0.2, 0.25) is 5.79 Å². The van der Waals surface area contributed by atoms with Gasteiger partial charge in [-0.25, -0.2) is 0 Å². The molecule has 0 aliphatic heterocycles. The molecule has 4 heteroatoms. The van der Waals surface area contributed by atoms with Crippen molar-refractivity contribution in [3.63, 3.8) is 0 Å². The quantitative estimate of drug-likeness (QED) is 0.373. The number of hydrogen-bond acceptors (Lipinski definition) is 4. The number of nitrogens with zero attached hydrogens (tertiary/aromatic N) is 1. The molecule has 0 heterocycles. The van der Waals surface area contributed by atoms with Crippen LogP contribution in [0.15, 0.2) is 5.16 Å². The molecule has 1 unspecified atom stereocenters. The van der Waals surface area contributed by atoms with Crippen molar-refractivity contribution in [3.8, 4) is 0 Å². The molecule has 0 aromatic heterocycles. The minimum atomic E-state index is -1.30. The van der Waals surface area contributed by atoms with Crippen LogP contribution in [0.4, 0.5) is 0 Å². The van der Waals surface area contributed by atoms with Crippen LogP contribution in [0.3, 0.4) is 0 Å². The Bertz CT molecular complexity index is 177. The molecule has 1 rings (SSSR count). The lowest BCUT2D eigenvalue weighted by molar-refractivity contribution is -0.158. The summed E-state index contributed by atoms with van der Waals surface area (Å²) in [4.78, 5) is 0. The van der Waals surface area contributed by atoms with Crippen molar-refractivity contribution in [1.82, 2.24) is 0 Å². The fourth-order valence-corrected chi connectivity index (χ4v) is 1.52. The van der Waals surface area contributed by atoms with E-state index in [0.717, 1.165) is 12.8 Å². The Kier molecular flexibility index (Phi) is 3.05. The predicted molar refractivity (Wildman–Crippen MR) is 44.3 cm³/mol. The van der Waals surface area contributed by atoms with Crippen molar-refractivity contribution in [2.45, 2.75) is 38.4 Å². The molecule has 1 aliphatic carbocycles. The Morgan fingerprint density at radius 2 is 2.33 bits per heavy atom. The van der Waals surface area contributed by atoms with E-state index < -0.39 is 5.79 Å². The van der Waals surface area contributed by atoms with Crippen LogP contribution in [0.25, 0.3) is 0 Å². The van der Waals surface area contributed by atoms with Crippen molar-refractivity contribution in [2.75, 3.05) is 6.61 Å². The molecule has 1 saturated carbocycles. The molecule has 2 N–H and O–H groups in total. The zero-order chi connectivity index (χ0) is 9.03. The summed E-state index contributed by atoms with van der Waals surface area (Å²) < 4.78 is 5.14. The van der Waals surface area contributed by atoms with Crippen molar-refractivity contribution >= 4 is 5.71 Å². The van der Waals surface area contributed by atoms with Gasteiger partial charge in [0.25, 0.3) is 0 Å². The summed E-state index contributed by atoms with van der Waals surface area (Å²) in [6.45, 7) is 2.23. The maximum atomic E-state index is 9.82. The van der Waals surface area contributed by atoms with E-state index in [1.165, 1.54) is 0 Å². The molecule has 1 atom stereocenters. The molecule has 4 nitrogen and oxygen atoms in total. The van der Waals surface area contributed by atoms with Crippen molar-refractivity contribution in [3.05, 3.63) is 0 Å². The lowest BCUT2D eigenvalue weighted by Crippen LogP contribution is -2.44. The molecule has 12 heavy (non-hydrogen) atoms. The summed E-state index contributed by atoms with van der Waals surface area (Å²) in [5.74, 6) is -1.30. The van der Waals surface area contributed by atoms with Gasteiger partial charge in [-0.05, 0) is 26.2 Å². The molecule has 70 valence electrons. The predicted octanol–water partition coefficient (Wildman–Crippen LogP) is 1.12. The molecule has 0 radical (unpaired) electrons. The standard InChI is InChI=1S/C8H15NO3/c1-2-12-8(10)6-4-3-5-7(8)9-11/h10-11H,2-6H2,1H3/b9-7+. The smallest absolute Gasteiger partial charge is 0.209 e. The van der Waals surface area contributed by atoms with Crippen LogP contribution >= 0.6 is 0 Å². The maximum Gasteiger partial charge on any atom is 0.209 e. The molecule has 1 fully saturated rings. The minimum Gasteiger partial charge on any atom is -0.411 e. The zero-order valence-electron chi connectivity index (χ0n) is 7.29. The van der Waals surface area contributed by atoms with E-state index in [0.29, 0.717) is 25.2 Å². The van der Waals surface area contributed by atoms with Gasteiger partial charge in [-0.3, -0.25) is 0 Å². The highest BCUT2D eigenvalue weighted by atomic mass is 16.6. The first kappa shape index (κ1) is 9.48. The number of aliphatic hydroxyl groups is 1. The highest BCUT2D eigenvalue weighted by Crippen LogP contribution is 2.26. The second-order valence-corrected chi connectivity index (χ2v) is 2.97. The van der Waals surface area contributed by atoms with E-state index in [2.05, 4.69) is 5.16 Å². The Morgan fingerprint density at radius 1 is 1.58 bits per heavy atom. The molecule has 0 saturated heterocycles. The van der Waals surface area contributed by atoms with E-state index in [1.807, 2.05) is 6.92 Å². The number of rotatable bonds is 2. The van der Waals surface area contributed by atoms with Gasteiger partial charge in [0.15, 0.2) is 0 Å². The molecule has 0 bridgehead atoms. The molecule has 1 aliphatic rings. The van der Waals surface area contributed by atoms with Gasteiger partial charge in [0.05, 0.1) is 0 Å². The van der Waals surface area contributed by atoms with Crippen molar-refractivity contribution < 1.29 is 15.1 Å². The summed E-state index contributed by atoms with van der Waals surface area (Å²) >= 11 is 0. The Balaban J connectivity index is 2.69. The third-order valence-corrected chi connectivity index (χ3v) is 2.13. The van der Waals surface area contributed by atoms with Gasteiger partial charge in [-0.1, -0.05) is 5.16 Å². The molecule has 0 spiro atoms. The summed E-state index contributed by atoms with van der Waals surface area (Å²) in [5, 5.41) is 21.5. The van der Waals surface area contributed by atoms with Gasteiger partial charge >= 0.3 is 0 Å². The van der Waals surface area contributed by atoms with Crippen LogP contribution in [0.2, 0.25) is 0 Å². The van der Waals surface area contributed by atoms with Crippen LogP contribution in [-0.2, 0) is 4.74 Å². The van der Waals surface area contributed by atoms with Crippen molar-refractivity contribution in [2.24, 2.45) is 5.16 Å². The monoisotopic (exact) mass is 173 g/mol. The van der Waals surface area contributed by atoms with Crippen LogP contribution in [0.5, 0.6) is 0 Å². The minimum absolute atomic E-state index is 0.357. The third-order valence-electron chi connectivity index (χ3n) is 2.13. The summed E-state index contributed by atoms with van der Waals surface area (Å²) in [7, 11) is 0. The molecule has 0 amide bonds. The lowest BCUT2D eigenvalue weighted by atomic mass is 9.92. The number of oxime groups is 1. The Hall–Kier alpha value is -0.610. The third kappa shape index (κ3) is 1.76. The molecular weight excluding hydrogens is 158 g/mol. The van der Waals surface area contributed by atoms with Crippen LogP contribution in [-0.4, -0.2) is 28.4 Å². The SMILES string of the molecule is CCOC1(O)CCCC/C1=N\O. The van der Waals surface area contributed by atoms with Gasteiger partial charge in [-0.2, -0.15) is 0 Å². The van der Waals surface area contributed by atoms with E-state index in [-0.39, 0.29) is 0 Å². The molecule has 0 aromatic carbocycles. The van der Waals surface area contributed by atoms with E-state index in [4.69, 9.17) is 9.94 Å². The van der Waals surface area contributed by atoms with Crippen LogP contribution < -0.4 is 0 Å². The fraction of sp³-hybridized carbons (Fsp3) is 0.875. The highest BCUT2D eigenvalue weighted by molar-refractivity contribution is 5.91. The van der Waals surface area contributed by atoms with E-state index in [1.54, 1.807) is 0 Å². The zero-order valence-corrected chi connectivity index (χ0v) is 7.29. The molecular formula is C8H15NO3. The summed E-state index contributed by atoms with van der Waals surface area (Å²) in [5.41, 5.74) is 0.357. The highest BCUT2D eigenvalue weighted by Gasteiger charge is 2.36. The van der Waals surface area contributed by atoms with Gasteiger partial charge in [-0.15, -0.1) is 0 Å². The first-order valence-electron chi connectivity index (χ1n) is 4.30. The Morgan fingerprint density at radius 3 is 2.92 bits per heavy atom. The van der Waals surface area contributed by atoms with Crippen molar-refractivity contribution in [1.29, 1.82) is 0 Å². The van der Waals surface area contributed by atoms with Gasteiger partial charge in [0.1, 0.15) is 5.71 Å². The first-order valence-corrected chi connectivity index (χ1v) is 4.30. The van der Waals surface area contributed by atoms with E-state index in [9.17, 15) is 5.11 Å². The Labute approximate surface area is 71.8 Å². The topological polar surface area (TPSA) is 62.0 Å². The number of ether oxygens (including phenoxy) is 1. The maximum absolute atomic E-state index is 9.82.